The molecule has 2 aromatic rings. The molecule has 2 aromatic carbocycles. The predicted molar refractivity (Wildman–Crippen MR) is 118 cm³/mol. The minimum atomic E-state index is 0. The Morgan fingerprint density at radius 3 is 2.37 bits per heavy atom. The van der Waals surface area contributed by atoms with Gasteiger partial charge in [0.15, 0.2) is 11.5 Å². The Kier molecular flexibility index (Phi) is 14.2. The van der Waals surface area contributed by atoms with Gasteiger partial charge in [-0.2, -0.15) is 0 Å². The molecule has 0 saturated heterocycles. The van der Waals surface area contributed by atoms with Gasteiger partial charge in [0.25, 0.3) is 0 Å². The van der Waals surface area contributed by atoms with Crippen molar-refractivity contribution in [2.45, 2.75) is 26.5 Å². The van der Waals surface area contributed by atoms with Crippen molar-refractivity contribution in [1.82, 2.24) is 10.6 Å². The summed E-state index contributed by atoms with van der Waals surface area (Å²) >= 11 is 6.46. The van der Waals surface area contributed by atoms with Crippen LogP contribution in [0.25, 0.3) is 0 Å². The van der Waals surface area contributed by atoms with E-state index in [4.69, 9.17) is 21.1 Å². The fourth-order valence-electron chi connectivity index (χ4n) is 2.48. The lowest BCUT2D eigenvalue weighted by Gasteiger charge is -2.16. The second-order valence-electron chi connectivity index (χ2n) is 5.75. The number of hydrogen-bond acceptors (Lipinski definition) is 4. The summed E-state index contributed by atoms with van der Waals surface area (Å²) in [4.78, 5) is 0. The Bertz CT molecular complexity index is 643. The van der Waals surface area contributed by atoms with E-state index in [9.17, 15) is 0 Å². The van der Waals surface area contributed by atoms with E-state index in [2.05, 4.69) is 10.6 Å². The number of rotatable bonds is 11. The van der Waals surface area contributed by atoms with Crippen molar-refractivity contribution in [2.75, 3.05) is 26.7 Å². The molecule has 0 unspecified atom stereocenters. The van der Waals surface area contributed by atoms with E-state index in [0.717, 1.165) is 37.2 Å². The molecule has 0 amide bonds. The average Bonchev–Trinajstić information content (AvgIpc) is 2.62. The smallest absolute Gasteiger partial charge is 0.180 e. The van der Waals surface area contributed by atoms with Crippen LogP contribution in [0.3, 0.4) is 0 Å². The molecule has 0 aliphatic rings. The average molecular weight is 436 g/mol. The number of ether oxygens (including phenoxy) is 2. The van der Waals surface area contributed by atoms with Gasteiger partial charge < -0.3 is 20.1 Å². The SMILES string of the molecule is CCOc1cc(CNCCCNC)cc(Cl)c1OCc1ccccc1.Cl.Cl. The maximum Gasteiger partial charge on any atom is 0.180 e. The first-order valence-electron chi connectivity index (χ1n) is 8.71. The highest BCUT2D eigenvalue weighted by atomic mass is 35.5. The second-order valence-corrected chi connectivity index (χ2v) is 6.15. The zero-order chi connectivity index (χ0) is 17.9. The molecule has 0 spiro atoms. The fourth-order valence-corrected chi connectivity index (χ4v) is 2.77. The number of hydrogen-bond donors (Lipinski definition) is 2. The Morgan fingerprint density at radius 2 is 1.70 bits per heavy atom. The van der Waals surface area contributed by atoms with Crippen LogP contribution in [0.2, 0.25) is 5.02 Å². The lowest BCUT2D eigenvalue weighted by molar-refractivity contribution is 0.269. The molecule has 0 atom stereocenters. The van der Waals surface area contributed by atoms with Crippen LogP contribution >= 0.6 is 36.4 Å². The van der Waals surface area contributed by atoms with Gasteiger partial charge in [-0.05, 0) is 56.7 Å². The molecule has 0 bridgehead atoms. The van der Waals surface area contributed by atoms with Gasteiger partial charge in [0.2, 0.25) is 0 Å². The summed E-state index contributed by atoms with van der Waals surface area (Å²) in [5, 5.41) is 7.13. The van der Waals surface area contributed by atoms with Crippen molar-refractivity contribution < 1.29 is 9.47 Å². The Balaban J connectivity index is 0.00000338. The van der Waals surface area contributed by atoms with E-state index in [1.54, 1.807) is 0 Å². The molecule has 152 valence electrons. The van der Waals surface area contributed by atoms with Crippen molar-refractivity contribution in [1.29, 1.82) is 0 Å². The standard InChI is InChI=1S/C20H27ClN2O2.2ClH/c1-3-24-19-13-17(14-23-11-7-10-22-2)12-18(21)20(19)25-15-16-8-5-4-6-9-16;;/h4-6,8-9,12-13,22-23H,3,7,10-11,14-15H2,1-2H3;2*1H. The molecule has 27 heavy (non-hydrogen) atoms. The quantitative estimate of drug-likeness (QED) is 0.495. The third-order valence-electron chi connectivity index (χ3n) is 3.70. The Morgan fingerprint density at radius 1 is 0.963 bits per heavy atom. The van der Waals surface area contributed by atoms with Crippen molar-refractivity contribution in [2.24, 2.45) is 0 Å². The van der Waals surface area contributed by atoms with Crippen LogP contribution in [0.5, 0.6) is 11.5 Å². The largest absolute Gasteiger partial charge is 0.490 e. The summed E-state index contributed by atoms with van der Waals surface area (Å²) in [5.41, 5.74) is 2.18. The highest BCUT2D eigenvalue weighted by molar-refractivity contribution is 6.32. The number of nitrogens with one attached hydrogen (secondary N) is 2. The van der Waals surface area contributed by atoms with Crippen LogP contribution in [0, 0.1) is 0 Å². The van der Waals surface area contributed by atoms with Crippen molar-refractivity contribution in [3.63, 3.8) is 0 Å². The van der Waals surface area contributed by atoms with Gasteiger partial charge in [-0.3, -0.25) is 0 Å². The molecule has 2 N–H and O–H groups in total. The molecule has 0 fully saturated rings. The molecule has 7 heteroatoms. The Hall–Kier alpha value is -1.17. The molecule has 0 heterocycles. The summed E-state index contributed by atoms with van der Waals surface area (Å²) in [6.07, 6.45) is 1.08. The fraction of sp³-hybridized carbons (Fsp3) is 0.400. The van der Waals surface area contributed by atoms with Gasteiger partial charge in [0, 0.05) is 6.54 Å². The third-order valence-corrected chi connectivity index (χ3v) is 3.99. The summed E-state index contributed by atoms with van der Waals surface area (Å²) in [5.74, 6) is 1.30. The van der Waals surface area contributed by atoms with E-state index >= 15 is 0 Å². The normalized spacial score (nSPS) is 9.89. The van der Waals surface area contributed by atoms with E-state index < -0.39 is 0 Å². The molecule has 0 aliphatic heterocycles. The second kappa shape index (κ2) is 14.8. The van der Waals surface area contributed by atoms with Crippen LogP contribution in [0.15, 0.2) is 42.5 Å². The third kappa shape index (κ3) is 9.04. The summed E-state index contributed by atoms with van der Waals surface area (Å²) in [6.45, 7) is 5.69. The molecule has 4 nitrogen and oxygen atoms in total. The van der Waals surface area contributed by atoms with E-state index in [1.165, 1.54) is 0 Å². The molecular weight excluding hydrogens is 407 g/mol. The topological polar surface area (TPSA) is 42.5 Å². The Labute approximate surface area is 179 Å². The van der Waals surface area contributed by atoms with Crippen LogP contribution in [-0.4, -0.2) is 26.7 Å². The van der Waals surface area contributed by atoms with Crippen molar-refractivity contribution in [3.05, 3.63) is 58.6 Å². The van der Waals surface area contributed by atoms with E-state index in [-0.39, 0.29) is 24.8 Å². The van der Waals surface area contributed by atoms with Gasteiger partial charge in [-0.1, -0.05) is 41.9 Å². The zero-order valence-electron chi connectivity index (χ0n) is 15.8. The lowest BCUT2D eigenvalue weighted by atomic mass is 10.2. The maximum absolute atomic E-state index is 6.46. The number of benzene rings is 2. The van der Waals surface area contributed by atoms with Crippen molar-refractivity contribution >= 4 is 36.4 Å². The van der Waals surface area contributed by atoms with Gasteiger partial charge in [-0.25, -0.2) is 0 Å². The molecule has 0 radical (unpaired) electrons. The molecule has 0 saturated carbocycles. The first-order chi connectivity index (χ1) is 12.2. The summed E-state index contributed by atoms with van der Waals surface area (Å²) in [7, 11) is 1.96. The molecular formula is C20H29Cl3N2O2. The monoisotopic (exact) mass is 434 g/mol. The lowest BCUT2D eigenvalue weighted by Crippen LogP contribution is -2.19. The van der Waals surface area contributed by atoms with Crippen molar-refractivity contribution in [3.8, 4) is 11.5 Å². The molecule has 0 aliphatic carbocycles. The van der Waals surface area contributed by atoms with Gasteiger partial charge in [0.1, 0.15) is 6.61 Å². The first kappa shape index (κ1) is 25.8. The van der Waals surface area contributed by atoms with Gasteiger partial charge >= 0.3 is 0 Å². The highest BCUT2D eigenvalue weighted by Crippen LogP contribution is 2.37. The van der Waals surface area contributed by atoms with Crippen LogP contribution < -0.4 is 20.1 Å². The zero-order valence-corrected chi connectivity index (χ0v) is 18.2. The summed E-state index contributed by atoms with van der Waals surface area (Å²) < 4.78 is 11.7. The summed E-state index contributed by atoms with van der Waals surface area (Å²) in [6, 6.07) is 14.0. The predicted octanol–water partition coefficient (Wildman–Crippen LogP) is 4.86. The molecule has 0 aromatic heterocycles. The number of halogens is 3. The van der Waals surface area contributed by atoms with Crippen LogP contribution in [-0.2, 0) is 13.2 Å². The molecule has 2 rings (SSSR count). The minimum Gasteiger partial charge on any atom is -0.490 e. The highest BCUT2D eigenvalue weighted by Gasteiger charge is 2.13. The first-order valence-corrected chi connectivity index (χ1v) is 9.09. The van der Waals surface area contributed by atoms with Gasteiger partial charge in [-0.15, -0.1) is 24.8 Å². The van der Waals surface area contributed by atoms with Gasteiger partial charge in [0.05, 0.1) is 11.6 Å². The van der Waals surface area contributed by atoms with Crippen LogP contribution in [0.1, 0.15) is 24.5 Å². The van der Waals surface area contributed by atoms with E-state index in [1.807, 2.05) is 56.4 Å². The minimum absolute atomic E-state index is 0. The van der Waals surface area contributed by atoms with E-state index in [0.29, 0.717) is 29.7 Å². The van der Waals surface area contributed by atoms with Crippen LogP contribution in [0.4, 0.5) is 0 Å². The maximum atomic E-state index is 6.46.